The Morgan fingerprint density at radius 1 is 0.913 bits per heavy atom. The molecule has 0 aliphatic carbocycles. The zero-order valence-electron chi connectivity index (χ0n) is 14.3. The Morgan fingerprint density at radius 3 is 1.78 bits per heavy atom. The summed E-state index contributed by atoms with van der Waals surface area (Å²) in [5.41, 5.74) is 2.34. The maximum atomic E-state index is 11.0. The van der Waals surface area contributed by atoms with Gasteiger partial charge in [-0.05, 0) is 48.7 Å². The maximum absolute atomic E-state index is 11.0. The topological polar surface area (TPSA) is 35.5 Å². The summed E-state index contributed by atoms with van der Waals surface area (Å²) in [7, 11) is 0. The van der Waals surface area contributed by atoms with Crippen LogP contribution in [0.3, 0.4) is 0 Å². The summed E-state index contributed by atoms with van der Waals surface area (Å²) in [6, 6.07) is 16.0. The molecule has 1 atom stereocenters. The lowest BCUT2D eigenvalue weighted by atomic mass is 9.74. The highest BCUT2D eigenvalue weighted by atomic mass is 16.5. The molecule has 0 aromatic heterocycles. The Morgan fingerprint density at radius 2 is 1.39 bits per heavy atom. The lowest BCUT2D eigenvalue weighted by Crippen LogP contribution is -2.22. The van der Waals surface area contributed by atoms with Crippen LogP contribution in [0.2, 0.25) is 0 Å². The van der Waals surface area contributed by atoms with E-state index in [0.717, 1.165) is 12.2 Å². The van der Waals surface area contributed by atoms with Gasteiger partial charge in [0.25, 0.3) is 0 Å². The molecule has 3 heteroatoms. The molecule has 0 aliphatic heterocycles. The fourth-order valence-corrected chi connectivity index (χ4v) is 2.72. The Bertz CT molecular complexity index is 644. The van der Waals surface area contributed by atoms with Crippen LogP contribution >= 0.6 is 0 Å². The fraction of sp³-hybridized carbons (Fsp3) is 0.350. The van der Waals surface area contributed by atoms with Gasteiger partial charge in [0.05, 0.1) is 6.61 Å². The third-order valence-electron chi connectivity index (χ3n) is 4.26. The maximum Gasteiger partial charge on any atom is 0.308 e. The SMILES string of the molecule is CCOc1ccc(C(C)(CC)c2ccc(OC(C)=O)cc2)cc1. The van der Waals surface area contributed by atoms with Crippen molar-refractivity contribution in [2.24, 2.45) is 0 Å². The Hall–Kier alpha value is -2.29. The van der Waals surface area contributed by atoms with Gasteiger partial charge in [0, 0.05) is 12.3 Å². The molecule has 122 valence electrons. The van der Waals surface area contributed by atoms with Crippen LogP contribution in [0.5, 0.6) is 11.5 Å². The van der Waals surface area contributed by atoms with Crippen LogP contribution in [0.25, 0.3) is 0 Å². The Labute approximate surface area is 138 Å². The highest BCUT2D eigenvalue weighted by molar-refractivity contribution is 5.69. The Balaban J connectivity index is 2.30. The molecule has 2 aromatic rings. The largest absolute Gasteiger partial charge is 0.494 e. The number of benzene rings is 2. The number of carbonyl (C=O) groups is 1. The van der Waals surface area contributed by atoms with Gasteiger partial charge in [0.15, 0.2) is 0 Å². The zero-order valence-corrected chi connectivity index (χ0v) is 14.3. The van der Waals surface area contributed by atoms with Gasteiger partial charge in [-0.25, -0.2) is 0 Å². The van der Waals surface area contributed by atoms with Crippen LogP contribution in [-0.4, -0.2) is 12.6 Å². The quantitative estimate of drug-likeness (QED) is 0.571. The molecular formula is C20H24O3. The van der Waals surface area contributed by atoms with Gasteiger partial charge in [-0.2, -0.15) is 0 Å². The first-order valence-corrected chi connectivity index (χ1v) is 8.02. The van der Waals surface area contributed by atoms with Gasteiger partial charge in [-0.1, -0.05) is 38.1 Å². The van der Waals surface area contributed by atoms with E-state index in [2.05, 4.69) is 26.0 Å². The smallest absolute Gasteiger partial charge is 0.308 e. The van der Waals surface area contributed by atoms with E-state index in [1.807, 2.05) is 43.3 Å². The van der Waals surface area contributed by atoms with Gasteiger partial charge in [0.1, 0.15) is 11.5 Å². The molecule has 0 saturated heterocycles. The van der Waals surface area contributed by atoms with Crippen LogP contribution < -0.4 is 9.47 Å². The van der Waals surface area contributed by atoms with Crippen molar-refractivity contribution in [1.82, 2.24) is 0 Å². The molecule has 0 bridgehead atoms. The lowest BCUT2D eigenvalue weighted by Gasteiger charge is -2.30. The third kappa shape index (κ3) is 3.92. The molecule has 0 aliphatic rings. The van der Waals surface area contributed by atoms with Crippen LogP contribution in [0.15, 0.2) is 48.5 Å². The number of carbonyl (C=O) groups excluding carboxylic acids is 1. The van der Waals surface area contributed by atoms with Crippen molar-refractivity contribution in [3.63, 3.8) is 0 Å². The molecule has 0 saturated carbocycles. The average molecular weight is 312 g/mol. The predicted molar refractivity (Wildman–Crippen MR) is 92.1 cm³/mol. The number of ether oxygens (including phenoxy) is 2. The summed E-state index contributed by atoms with van der Waals surface area (Å²) in [5.74, 6) is 1.16. The summed E-state index contributed by atoms with van der Waals surface area (Å²) < 4.78 is 10.6. The van der Waals surface area contributed by atoms with E-state index in [-0.39, 0.29) is 11.4 Å². The minimum absolute atomic E-state index is 0.0977. The molecule has 1 unspecified atom stereocenters. The van der Waals surface area contributed by atoms with E-state index in [1.165, 1.54) is 18.1 Å². The third-order valence-corrected chi connectivity index (χ3v) is 4.26. The first-order valence-electron chi connectivity index (χ1n) is 8.02. The number of hydrogen-bond donors (Lipinski definition) is 0. The van der Waals surface area contributed by atoms with Crippen LogP contribution in [0.1, 0.15) is 45.2 Å². The van der Waals surface area contributed by atoms with Crippen LogP contribution in [0.4, 0.5) is 0 Å². The zero-order chi connectivity index (χ0) is 16.9. The minimum Gasteiger partial charge on any atom is -0.494 e. The molecule has 0 radical (unpaired) electrons. The monoisotopic (exact) mass is 312 g/mol. The lowest BCUT2D eigenvalue weighted by molar-refractivity contribution is -0.131. The fourth-order valence-electron chi connectivity index (χ4n) is 2.72. The molecule has 0 amide bonds. The van der Waals surface area contributed by atoms with E-state index in [0.29, 0.717) is 12.4 Å². The first kappa shape index (κ1) is 17.1. The van der Waals surface area contributed by atoms with Crippen molar-refractivity contribution in [3.8, 4) is 11.5 Å². The highest BCUT2D eigenvalue weighted by Gasteiger charge is 2.27. The predicted octanol–water partition coefficient (Wildman–Crippen LogP) is 4.73. The molecular weight excluding hydrogens is 288 g/mol. The standard InChI is InChI=1S/C20H24O3/c1-5-20(4,16-7-11-18(12-8-16)22-6-2)17-9-13-19(14-10-17)23-15(3)21/h7-14H,5-6H2,1-4H3. The van der Waals surface area contributed by atoms with Gasteiger partial charge in [-0.15, -0.1) is 0 Å². The minimum atomic E-state index is -0.303. The van der Waals surface area contributed by atoms with Crippen molar-refractivity contribution in [2.45, 2.75) is 39.5 Å². The normalized spacial score (nSPS) is 13.2. The molecule has 0 fully saturated rings. The van der Waals surface area contributed by atoms with Gasteiger partial charge >= 0.3 is 5.97 Å². The second-order valence-electron chi connectivity index (χ2n) is 5.76. The van der Waals surface area contributed by atoms with Crippen molar-refractivity contribution < 1.29 is 14.3 Å². The molecule has 0 N–H and O–H groups in total. The number of esters is 1. The highest BCUT2D eigenvalue weighted by Crippen LogP contribution is 2.36. The van der Waals surface area contributed by atoms with Crippen molar-refractivity contribution in [1.29, 1.82) is 0 Å². The molecule has 23 heavy (non-hydrogen) atoms. The second-order valence-corrected chi connectivity index (χ2v) is 5.76. The number of rotatable bonds is 6. The second kappa shape index (κ2) is 7.32. The molecule has 2 aromatic carbocycles. The van der Waals surface area contributed by atoms with Crippen molar-refractivity contribution >= 4 is 5.97 Å². The molecule has 2 rings (SSSR count). The van der Waals surface area contributed by atoms with E-state index in [1.54, 1.807) is 0 Å². The van der Waals surface area contributed by atoms with Crippen LogP contribution in [0, 0.1) is 0 Å². The Kier molecular flexibility index (Phi) is 5.43. The summed E-state index contributed by atoms with van der Waals surface area (Å²) >= 11 is 0. The van der Waals surface area contributed by atoms with Crippen molar-refractivity contribution in [3.05, 3.63) is 59.7 Å². The van der Waals surface area contributed by atoms with E-state index in [4.69, 9.17) is 9.47 Å². The molecule has 0 spiro atoms. The summed E-state index contributed by atoms with van der Waals surface area (Å²) in [4.78, 5) is 11.0. The summed E-state index contributed by atoms with van der Waals surface area (Å²) in [5, 5.41) is 0. The summed E-state index contributed by atoms with van der Waals surface area (Å²) in [6.07, 6.45) is 0.966. The molecule has 0 heterocycles. The van der Waals surface area contributed by atoms with Gasteiger partial charge in [0.2, 0.25) is 0 Å². The van der Waals surface area contributed by atoms with Crippen LogP contribution in [-0.2, 0) is 10.2 Å². The number of hydrogen-bond acceptors (Lipinski definition) is 3. The first-order chi connectivity index (χ1) is 11.0. The molecule has 3 nitrogen and oxygen atoms in total. The summed E-state index contributed by atoms with van der Waals surface area (Å²) in [6.45, 7) is 8.46. The van der Waals surface area contributed by atoms with Crippen molar-refractivity contribution in [2.75, 3.05) is 6.61 Å². The van der Waals surface area contributed by atoms with Gasteiger partial charge < -0.3 is 9.47 Å². The average Bonchev–Trinajstić information content (AvgIpc) is 2.55. The van der Waals surface area contributed by atoms with E-state index < -0.39 is 0 Å². The van der Waals surface area contributed by atoms with E-state index in [9.17, 15) is 4.79 Å². The van der Waals surface area contributed by atoms with Gasteiger partial charge in [-0.3, -0.25) is 4.79 Å². The van der Waals surface area contributed by atoms with E-state index >= 15 is 0 Å².